The van der Waals surface area contributed by atoms with Gasteiger partial charge in [0.15, 0.2) is 0 Å². The first-order valence-corrected chi connectivity index (χ1v) is 4.54. The van der Waals surface area contributed by atoms with Crippen molar-refractivity contribution < 1.29 is 0 Å². The van der Waals surface area contributed by atoms with Gasteiger partial charge >= 0.3 is 0 Å². The zero-order valence-electron chi connectivity index (χ0n) is 6.38. The second-order valence-corrected chi connectivity index (χ2v) is 4.20. The minimum atomic E-state index is 0.579. The summed E-state index contributed by atoms with van der Waals surface area (Å²) in [5.41, 5.74) is 5.42. The number of nitrogens with two attached hydrogens (primary N) is 1. The fourth-order valence-corrected chi connectivity index (χ4v) is 1.94. The highest BCUT2D eigenvalue weighted by atomic mass is 35.5. The summed E-state index contributed by atoms with van der Waals surface area (Å²) in [7, 11) is 1.98. The Bertz CT molecular complexity index is 224. The second kappa shape index (κ2) is 4.07. The van der Waals surface area contributed by atoms with Crippen LogP contribution >= 0.6 is 22.9 Å². The molecule has 0 aliphatic rings. The smallest absolute Gasteiger partial charge is 0.0931 e. The van der Waals surface area contributed by atoms with Gasteiger partial charge in [0.1, 0.15) is 0 Å². The van der Waals surface area contributed by atoms with E-state index in [2.05, 4.69) is 0 Å². The van der Waals surface area contributed by atoms with E-state index in [-0.39, 0.29) is 0 Å². The van der Waals surface area contributed by atoms with Crippen molar-refractivity contribution in [3.63, 3.8) is 0 Å². The number of thiophene rings is 1. The molecule has 0 spiro atoms. The van der Waals surface area contributed by atoms with Crippen LogP contribution in [-0.2, 0) is 6.54 Å². The Kier molecular flexibility index (Phi) is 3.33. The van der Waals surface area contributed by atoms with Crippen molar-refractivity contribution in [2.45, 2.75) is 6.54 Å². The van der Waals surface area contributed by atoms with E-state index in [9.17, 15) is 0 Å². The topological polar surface area (TPSA) is 29.3 Å². The zero-order valence-corrected chi connectivity index (χ0v) is 7.95. The maximum atomic E-state index is 5.76. The van der Waals surface area contributed by atoms with E-state index in [1.807, 2.05) is 24.1 Å². The van der Waals surface area contributed by atoms with Crippen LogP contribution in [-0.4, -0.2) is 18.6 Å². The van der Waals surface area contributed by atoms with Gasteiger partial charge < -0.3 is 5.73 Å². The molecule has 0 aliphatic carbocycles. The van der Waals surface area contributed by atoms with Gasteiger partial charge in [0.05, 0.1) is 4.34 Å². The molecule has 2 nitrogen and oxygen atoms in total. The number of halogens is 1. The maximum absolute atomic E-state index is 5.76. The van der Waals surface area contributed by atoms with E-state index < -0.39 is 0 Å². The van der Waals surface area contributed by atoms with Crippen LogP contribution in [0.2, 0.25) is 4.34 Å². The van der Waals surface area contributed by atoms with E-state index in [0.717, 1.165) is 10.9 Å². The standard InChI is InChI=1S/C7H11ClN2S/c1-10(5-9)4-6-2-3-7(8)11-6/h2-3H,4-5,9H2,1H3. The van der Waals surface area contributed by atoms with Crippen molar-refractivity contribution in [1.29, 1.82) is 0 Å². The molecule has 0 atom stereocenters. The highest BCUT2D eigenvalue weighted by Gasteiger charge is 2.00. The molecule has 0 aromatic carbocycles. The molecule has 1 aromatic heterocycles. The third kappa shape index (κ3) is 2.79. The second-order valence-electron chi connectivity index (χ2n) is 2.40. The first-order chi connectivity index (χ1) is 5.22. The van der Waals surface area contributed by atoms with Gasteiger partial charge in [0.2, 0.25) is 0 Å². The molecule has 1 aromatic rings. The molecular weight excluding hydrogens is 180 g/mol. The fourth-order valence-electron chi connectivity index (χ4n) is 0.767. The van der Waals surface area contributed by atoms with E-state index >= 15 is 0 Å². The number of rotatable bonds is 3. The first-order valence-electron chi connectivity index (χ1n) is 3.35. The molecule has 0 aliphatic heterocycles. The van der Waals surface area contributed by atoms with Crippen LogP contribution in [0.1, 0.15) is 4.88 Å². The summed E-state index contributed by atoms with van der Waals surface area (Å²) >= 11 is 7.36. The number of hydrogen-bond acceptors (Lipinski definition) is 3. The van der Waals surface area contributed by atoms with Crippen molar-refractivity contribution in [3.8, 4) is 0 Å². The molecule has 0 amide bonds. The van der Waals surface area contributed by atoms with Gasteiger partial charge in [-0.1, -0.05) is 11.6 Å². The third-order valence-corrected chi connectivity index (χ3v) is 2.58. The first kappa shape index (κ1) is 9.00. The SMILES string of the molecule is CN(CN)Cc1ccc(Cl)s1. The third-order valence-electron chi connectivity index (χ3n) is 1.37. The summed E-state index contributed by atoms with van der Waals surface area (Å²) in [5, 5.41) is 0. The lowest BCUT2D eigenvalue weighted by Crippen LogP contribution is -2.24. The van der Waals surface area contributed by atoms with E-state index in [4.69, 9.17) is 17.3 Å². The van der Waals surface area contributed by atoms with Crippen molar-refractivity contribution in [1.82, 2.24) is 4.90 Å². The quantitative estimate of drug-likeness (QED) is 0.736. The average molecular weight is 191 g/mol. The molecular formula is C7H11ClN2S. The monoisotopic (exact) mass is 190 g/mol. The van der Waals surface area contributed by atoms with Crippen LogP contribution in [0.4, 0.5) is 0 Å². The predicted molar refractivity (Wildman–Crippen MR) is 49.9 cm³/mol. The molecule has 62 valence electrons. The molecule has 4 heteroatoms. The van der Waals surface area contributed by atoms with Crippen LogP contribution in [0.5, 0.6) is 0 Å². The van der Waals surface area contributed by atoms with Crippen molar-refractivity contribution >= 4 is 22.9 Å². The van der Waals surface area contributed by atoms with Crippen molar-refractivity contribution in [2.24, 2.45) is 5.73 Å². The lowest BCUT2D eigenvalue weighted by atomic mass is 10.4. The van der Waals surface area contributed by atoms with Gasteiger partial charge in [-0.25, -0.2) is 0 Å². The number of nitrogens with zero attached hydrogens (tertiary/aromatic N) is 1. The lowest BCUT2D eigenvalue weighted by molar-refractivity contribution is 0.340. The summed E-state index contributed by atoms with van der Waals surface area (Å²) in [6.07, 6.45) is 0. The average Bonchev–Trinajstić information content (AvgIpc) is 2.35. The molecule has 0 saturated carbocycles. The molecule has 0 radical (unpaired) electrons. The molecule has 0 bridgehead atoms. The lowest BCUT2D eigenvalue weighted by Gasteiger charge is -2.10. The van der Waals surface area contributed by atoms with Crippen LogP contribution in [0.25, 0.3) is 0 Å². The van der Waals surface area contributed by atoms with Gasteiger partial charge in [0, 0.05) is 18.1 Å². The van der Waals surface area contributed by atoms with Gasteiger partial charge in [0.25, 0.3) is 0 Å². The summed E-state index contributed by atoms with van der Waals surface area (Å²) in [6, 6.07) is 3.94. The summed E-state index contributed by atoms with van der Waals surface area (Å²) < 4.78 is 0.838. The van der Waals surface area contributed by atoms with Crippen LogP contribution < -0.4 is 5.73 Å². The molecule has 0 unspecified atom stereocenters. The van der Waals surface area contributed by atoms with Crippen molar-refractivity contribution in [3.05, 3.63) is 21.3 Å². The number of hydrogen-bond donors (Lipinski definition) is 1. The molecule has 1 heterocycles. The Labute approximate surface area is 75.6 Å². The highest BCUT2D eigenvalue weighted by molar-refractivity contribution is 7.16. The Balaban J connectivity index is 2.50. The molecule has 1 rings (SSSR count). The van der Waals surface area contributed by atoms with Crippen LogP contribution in [0.3, 0.4) is 0 Å². The van der Waals surface area contributed by atoms with Gasteiger partial charge in [-0.2, -0.15) is 0 Å². The minimum Gasteiger partial charge on any atom is -0.318 e. The van der Waals surface area contributed by atoms with Gasteiger partial charge in [-0.3, -0.25) is 4.90 Å². The summed E-state index contributed by atoms with van der Waals surface area (Å²) in [6.45, 7) is 1.46. The van der Waals surface area contributed by atoms with E-state index in [1.54, 1.807) is 11.3 Å². The summed E-state index contributed by atoms with van der Waals surface area (Å²) in [4.78, 5) is 3.28. The maximum Gasteiger partial charge on any atom is 0.0931 e. The van der Waals surface area contributed by atoms with Crippen molar-refractivity contribution in [2.75, 3.05) is 13.7 Å². The van der Waals surface area contributed by atoms with Crippen LogP contribution in [0.15, 0.2) is 12.1 Å². The Morgan fingerprint density at radius 2 is 2.36 bits per heavy atom. The van der Waals surface area contributed by atoms with E-state index in [0.29, 0.717) is 6.67 Å². The summed E-state index contributed by atoms with van der Waals surface area (Å²) in [5.74, 6) is 0. The van der Waals surface area contributed by atoms with Gasteiger partial charge in [-0.15, -0.1) is 11.3 Å². The molecule has 11 heavy (non-hydrogen) atoms. The van der Waals surface area contributed by atoms with Crippen LogP contribution in [0, 0.1) is 0 Å². The Hall–Kier alpha value is -0.0900. The fraction of sp³-hybridized carbons (Fsp3) is 0.429. The largest absolute Gasteiger partial charge is 0.318 e. The van der Waals surface area contributed by atoms with Gasteiger partial charge in [-0.05, 0) is 19.2 Å². The van der Waals surface area contributed by atoms with E-state index in [1.165, 1.54) is 4.88 Å². The molecule has 2 N–H and O–H groups in total. The Morgan fingerprint density at radius 3 is 2.82 bits per heavy atom. The predicted octanol–water partition coefficient (Wildman–Crippen LogP) is 1.75. The zero-order chi connectivity index (χ0) is 8.27. The molecule has 0 saturated heterocycles. The normalized spacial score (nSPS) is 10.9. The molecule has 0 fully saturated rings. The Morgan fingerprint density at radius 1 is 1.64 bits per heavy atom. The highest BCUT2D eigenvalue weighted by Crippen LogP contribution is 2.21. The minimum absolute atomic E-state index is 0.579.